The Morgan fingerprint density at radius 1 is 1.26 bits per heavy atom. The topological polar surface area (TPSA) is 95.6 Å². The Hall–Kier alpha value is -2.18. The Morgan fingerprint density at radius 2 is 1.91 bits per heavy atom. The Kier molecular flexibility index (Phi) is 6.48. The zero-order valence-corrected chi connectivity index (χ0v) is 14.6. The number of nitrogens with two attached hydrogens (primary N) is 1. The summed E-state index contributed by atoms with van der Waals surface area (Å²) in [5, 5.41) is 2.56. The second-order valence-corrected chi connectivity index (χ2v) is 6.45. The average Bonchev–Trinajstić information content (AvgIpc) is 2.62. The Bertz CT molecular complexity index is 558. The molecule has 1 aromatic heterocycles. The molecule has 0 fully saturated rings. The van der Waals surface area contributed by atoms with E-state index < -0.39 is 17.8 Å². The predicted octanol–water partition coefficient (Wildman–Crippen LogP) is 2.87. The Morgan fingerprint density at radius 3 is 2.48 bits per heavy atom. The first-order chi connectivity index (χ1) is 10.6. The van der Waals surface area contributed by atoms with E-state index in [0.29, 0.717) is 12.3 Å². The molecule has 0 spiro atoms. The van der Waals surface area contributed by atoms with Crippen molar-refractivity contribution in [1.82, 2.24) is 9.88 Å². The van der Waals surface area contributed by atoms with Gasteiger partial charge in [0.2, 0.25) is 0 Å². The molecule has 3 N–H and O–H groups in total. The summed E-state index contributed by atoms with van der Waals surface area (Å²) in [6, 6.07) is 1.31. The van der Waals surface area contributed by atoms with Crippen LogP contribution in [-0.4, -0.2) is 28.9 Å². The second kappa shape index (κ2) is 7.89. The molecular formula is C16H27N3O4. The van der Waals surface area contributed by atoms with Crippen LogP contribution in [0.15, 0.2) is 6.07 Å². The minimum atomic E-state index is -0.705. The molecule has 1 heterocycles. The fraction of sp³-hybridized carbons (Fsp3) is 0.625. The zero-order chi connectivity index (χ0) is 17.6. The van der Waals surface area contributed by atoms with Crippen LogP contribution in [0.2, 0.25) is 0 Å². The Labute approximate surface area is 137 Å². The highest BCUT2D eigenvalue weighted by Crippen LogP contribution is 2.24. The highest BCUT2D eigenvalue weighted by atomic mass is 16.7. The molecule has 0 saturated carbocycles. The molecule has 1 aromatic rings. The Balaban J connectivity index is 2.58. The number of amides is 2. The van der Waals surface area contributed by atoms with Crippen LogP contribution in [0.25, 0.3) is 0 Å². The van der Waals surface area contributed by atoms with Gasteiger partial charge in [0.05, 0.1) is 5.69 Å². The number of primary amides is 1. The first kappa shape index (κ1) is 18.9. The summed E-state index contributed by atoms with van der Waals surface area (Å²) in [6.45, 7) is 10.5. The van der Waals surface area contributed by atoms with Crippen molar-refractivity contribution < 1.29 is 19.1 Å². The monoisotopic (exact) mass is 325 g/mol. The SMILES string of the molecule is Cc1cc(OC(=O)OC(C)(C)C)c(C)n1CCCCNC(N)=O. The van der Waals surface area contributed by atoms with Gasteiger partial charge in [-0.2, -0.15) is 0 Å². The molecule has 0 bridgehead atoms. The maximum absolute atomic E-state index is 11.8. The van der Waals surface area contributed by atoms with Crippen LogP contribution >= 0.6 is 0 Å². The van der Waals surface area contributed by atoms with E-state index in [1.807, 2.05) is 19.9 Å². The zero-order valence-electron chi connectivity index (χ0n) is 14.6. The van der Waals surface area contributed by atoms with E-state index in [9.17, 15) is 9.59 Å². The van der Waals surface area contributed by atoms with Gasteiger partial charge in [-0.3, -0.25) is 0 Å². The number of nitrogens with one attached hydrogen (secondary N) is 1. The van der Waals surface area contributed by atoms with Crippen molar-refractivity contribution in [3.8, 4) is 5.75 Å². The lowest BCUT2D eigenvalue weighted by Gasteiger charge is -2.18. The predicted molar refractivity (Wildman–Crippen MR) is 87.6 cm³/mol. The van der Waals surface area contributed by atoms with Crippen LogP contribution in [0.5, 0.6) is 5.75 Å². The molecular weight excluding hydrogens is 298 g/mol. The van der Waals surface area contributed by atoms with E-state index in [4.69, 9.17) is 15.2 Å². The molecule has 1 rings (SSSR count). The van der Waals surface area contributed by atoms with Crippen molar-refractivity contribution in [2.24, 2.45) is 5.73 Å². The van der Waals surface area contributed by atoms with Gasteiger partial charge in [-0.25, -0.2) is 9.59 Å². The van der Waals surface area contributed by atoms with E-state index in [0.717, 1.165) is 30.8 Å². The summed E-state index contributed by atoms with van der Waals surface area (Å²) < 4.78 is 12.5. The van der Waals surface area contributed by atoms with E-state index in [1.54, 1.807) is 20.8 Å². The molecule has 130 valence electrons. The number of urea groups is 1. The number of unbranched alkanes of at least 4 members (excludes halogenated alkanes) is 1. The number of hydrogen-bond donors (Lipinski definition) is 2. The molecule has 23 heavy (non-hydrogen) atoms. The van der Waals surface area contributed by atoms with Gasteiger partial charge >= 0.3 is 12.2 Å². The number of aromatic nitrogens is 1. The lowest BCUT2D eigenvalue weighted by atomic mass is 10.2. The molecule has 0 aliphatic rings. The molecule has 0 aliphatic heterocycles. The van der Waals surface area contributed by atoms with E-state index in [2.05, 4.69) is 9.88 Å². The fourth-order valence-electron chi connectivity index (χ4n) is 2.18. The van der Waals surface area contributed by atoms with Gasteiger partial charge in [0.15, 0.2) is 5.75 Å². The highest BCUT2D eigenvalue weighted by molar-refractivity contribution is 5.71. The normalized spacial score (nSPS) is 11.2. The maximum Gasteiger partial charge on any atom is 0.514 e. The van der Waals surface area contributed by atoms with Crippen LogP contribution in [0.4, 0.5) is 9.59 Å². The number of carbonyl (C=O) groups excluding carboxylic acids is 2. The van der Waals surface area contributed by atoms with Gasteiger partial charge in [0.25, 0.3) is 0 Å². The molecule has 0 aliphatic carbocycles. The smallest absolute Gasteiger partial charge is 0.428 e. The van der Waals surface area contributed by atoms with Gasteiger partial charge in [0.1, 0.15) is 5.60 Å². The third kappa shape index (κ3) is 6.63. The first-order valence-electron chi connectivity index (χ1n) is 7.71. The quantitative estimate of drug-likeness (QED) is 0.621. The van der Waals surface area contributed by atoms with Crippen molar-refractivity contribution >= 4 is 12.2 Å². The standard InChI is InChI=1S/C16H27N3O4/c1-11-10-13(22-15(21)23-16(3,4)5)12(2)19(11)9-7-6-8-18-14(17)20/h10H,6-9H2,1-5H3,(H3,17,18,20). The summed E-state index contributed by atoms with van der Waals surface area (Å²) in [7, 11) is 0. The highest BCUT2D eigenvalue weighted by Gasteiger charge is 2.20. The number of hydrogen-bond acceptors (Lipinski definition) is 4. The van der Waals surface area contributed by atoms with Gasteiger partial charge in [-0.05, 0) is 47.5 Å². The lowest BCUT2D eigenvalue weighted by Crippen LogP contribution is -2.30. The van der Waals surface area contributed by atoms with Crippen LogP contribution in [0.3, 0.4) is 0 Å². The van der Waals surface area contributed by atoms with Crippen LogP contribution in [0.1, 0.15) is 45.0 Å². The summed E-state index contributed by atoms with van der Waals surface area (Å²) in [5.41, 5.74) is 6.30. The number of aryl methyl sites for hydroxylation is 1. The number of ether oxygens (including phenoxy) is 2. The van der Waals surface area contributed by atoms with E-state index in [1.165, 1.54) is 0 Å². The first-order valence-corrected chi connectivity index (χ1v) is 7.71. The molecule has 0 unspecified atom stereocenters. The van der Waals surface area contributed by atoms with Crippen LogP contribution in [0, 0.1) is 13.8 Å². The summed E-state index contributed by atoms with van der Waals surface area (Å²) in [4.78, 5) is 22.3. The largest absolute Gasteiger partial charge is 0.514 e. The van der Waals surface area contributed by atoms with Gasteiger partial charge < -0.3 is 25.1 Å². The van der Waals surface area contributed by atoms with E-state index in [-0.39, 0.29) is 0 Å². The maximum atomic E-state index is 11.8. The minimum absolute atomic E-state index is 0.506. The third-order valence-corrected chi connectivity index (χ3v) is 3.22. The van der Waals surface area contributed by atoms with Crippen molar-refractivity contribution in [3.05, 3.63) is 17.5 Å². The van der Waals surface area contributed by atoms with E-state index >= 15 is 0 Å². The number of rotatable bonds is 6. The van der Waals surface area contributed by atoms with Crippen LogP contribution < -0.4 is 15.8 Å². The summed E-state index contributed by atoms with van der Waals surface area (Å²) >= 11 is 0. The summed E-state index contributed by atoms with van der Waals surface area (Å²) in [6.07, 6.45) is 0.994. The molecule has 0 saturated heterocycles. The third-order valence-electron chi connectivity index (χ3n) is 3.22. The number of carbonyl (C=O) groups is 2. The van der Waals surface area contributed by atoms with Gasteiger partial charge in [-0.1, -0.05) is 0 Å². The molecule has 2 amide bonds. The average molecular weight is 325 g/mol. The molecule has 0 atom stereocenters. The molecule has 0 aromatic carbocycles. The van der Waals surface area contributed by atoms with Gasteiger partial charge in [-0.15, -0.1) is 0 Å². The lowest BCUT2D eigenvalue weighted by molar-refractivity contribution is 0.0204. The van der Waals surface area contributed by atoms with Crippen molar-refractivity contribution in [3.63, 3.8) is 0 Å². The molecule has 7 heteroatoms. The second-order valence-electron chi connectivity index (χ2n) is 6.45. The molecule has 0 radical (unpaired) electrons. The van der Waals surface area contributed by atoms with Crippen molar-refractivity contribution in [2.75, 3.05) is 6.54 Å². The summed E-state index contributed by atoms with van der Waals surface area (Å²) in [5.74, 6) is 0.506. The van der Waals surface area contributed by atoms with Gasteiger partial charge in [0, 0.05) is 24.8 Å². The fourth-order valence-corrected chi connectivity index (χ4v) is 2.18. The molecule has 7 nitrogen and oxygen atoms in total. The van der Waals surface area contributed by atoms with Crippen molar-refractivity contribution in [2.45, 2.75) is 59.6 Å². The van der Waals surface area contributed by atoms with Crippen LogP contribution in [-0.2, 0) is 11.3 Å². The number of nitrogens with zero attached hydrogens (tertiary/aromatic N) is 1. The minimum Gasteiger partial charge on any atom is -0.428 e. The van der Waals surface area contributed by atoms with Crippen molar-refractivity contribution in [1.29, 1.82) is 0 Å².